The van der Waals surface area contributed by atoms with Gasteiger partial charge in [0.05, 0.1) is 4.88 Å². The van der Waals surface area contributed by atoms with Crippen molar-refractivity contribution in [3.63, 3.8) is 0 Å². The van der Waals surface area contributed by atoms with E-state index in [0.29, 0.717) is 4.88 Å². The number of hydrogen-bond acceptors (Lipinski definition) is 3. The molecule has 4 nitrogen and oxygen atoms in total. The summed E-state index contributed by atoms with van der Waals surface area (Å²) in [5, 5.41) is 4.35. The lowest BCUT2D eigenvalue weighted by molar-refractivity contribution is -0.119. The van der Waals surface area contributed by atoms with Gasteiger partial charge >= 0.3 is 0 Å². The van der Waals surface area contributed by atoms with Crippen molar-refractivity contribution in [2.75, 3.05) is 0 Å². The summed E-state index contributed by atoms with van der Waals surface area (Å²) in [5.74, 6) is -0.781. The van der Waals surface area contributed by atoms with E-state index in [2.05, 4.69) is 5.32 Å². The summed E-state index contributed by atoms with van der Waals surface area (Å²) in [6.07, 6.45) is 0. The normalized spacial score (nSPS) is 12.1. The topological polar surface area (TPSA) is 72.2 Å². The standard InChI is InChI=1S/C9H12N2O2S/c1-5-3-4-14-7(5)9(13)11-6(2)8(10)12/h3-4,6H,1-2H3,(H2,10,12)(H,11,13)/t6-/m0/s1. The molecule has 1 aromatic heterocycles. The van der Waals surface area contributed by atoms with Gasteiger partial charge in [-0.15, -0.1) is 11.3 Å². The van der Waals surface area contributed by atoms with Crippen LogP contribution in [0.1, 0.15) is 22.2 Å². The van der Waals surface area contributed by atoms with Crippen LogP contribution in [0.15, 0.2) is 11.4 Å². The smallest absolute Gasteiger partial charge is 0.262 e. The Bertz CT molecular complexity index is 359. The molecule has 0 unspecified atom stereocenters. The molecule has 2 amide bonds. The molecule has 0 radical (unpaired) electrons. The van der Waals surface area contributed by atoms with Crippen LogP contribution in [0.25, 0.3) is 0 Å². The fourth-order valence-corrected chi connectivity index (χ4v) is 1.77. The lowest BCUT2D eigenvalue weighted by Crippen LogP contribution is -2.42. The van der Waals surface area contributed by atoms with E-state index in [1.165, 1.54) is 11.3 Å². The van der Waals surface area contributed by atoms with Gasteiger partial charge in [0.2, 0.25) is 5.91 Å². The van der Waals surface area contributed by atoms with Crippen molar-refractivity contribution in [1.82, 2.24) is 5.32 Å². The molecule has 1 atom stereocenters. The van der Waals surface area contributed by atoms with Crippen molar-refractivity contribution >= 4 is 23.2 Å². The highest BCUT2D eigenvalue weighted by Gasteiger charge is 2.15. The Morgan fingerprint density at radius 3 is 2.64 bits per heavy atom. The Balaban J connectivity index is 2.69. The number of primary amides is 1. The Labute approximate surface area is 86.1 Å². The number of aryl methyl sites for hydroxylation is 1. The van der Waals surface area contributed by atoms with Gasteiger partial charge in [0, 0.05) is 0 Å². The van der Waals surface area contributed by atoms with Gasteiger partial charge in [0.25, 0.3) is 5.91 Å². The Hall–Kier alpha value is -1.36. The molecule has 0 aliphatic rings. The number of hydrogen-bond donors (Lipinski definition) is 2. The van der Waals surface area contributed by atoms with Crippen LogP contribution in [0, 0.1) is 6.92 Å². The molecule has 0 aromatic carbocycles. The average molecular weight is 212 g/mol. The van der Waals surface area contributed by atoms with E-state index >= 15 is 0 Å². The van der Waals surface area contributed by atoms with Crippen LogP contribution in [0.2, 0.25) is 0 Å². The largest absolute Gasteiger partial charge is 0.368 e. The second kappa shape index (κ2) is 4.23. The lowest BCUT2D eigenvalue weighted by Gasteiger charge is -2.09. The minimum Gasteiger partial charge on any atom is -0.368 e. The van der Waals surface area contributed by atoms with Crippen molar-refractivity contribution in [2.24, 2.45) is 5.73 Å². The molecular weight excluding hydrogens is 200 g/mol. The number of nitrogens with two attached hydrogens (primary N) is 1. The molecule has 0 fully saturated rings. The summed E-state index contributed by atoms with van der Waals surface area (Å²) in [4.78, 5) is 22.9. The van der Waals surface area contributed by atoms with Crippen LogP contribution in [0.3, 0.4) is 0 Å². The predicted octanol–water partition coefficient (Wildman–Crippen LogP) is 0.660. The van der Waals surface area contributed by atoms with Gasteiger partial charge in [-0.2, -0.15) is 0 Å². The zero-order valence-electron chi connectivity index (χ0n) is 8.03. The number of thiophene rings is 1. The molecule has 14 heavy (non-hydrogen) atoms. The first-order valence-electron chi connectivity index (χ1n) is 4.16. The van der Waals surface area contributed by atoms with Crippen molar-refractivity contribution in [2.45, 2.75) is 19.9 Å². The lowest BCUT2D eigenvalue weighted by atomic mass is 10.2. The Kier molecular flexibility index (Phi) is 3.24. The summed E-state index contributed by atoms with van der Waals surface area (Å²) in [7, 11) is 0. The van der Waals surface area contributed by atoms with E-state index in [-0.39, 0.29) is 5.91 Å². The maximum absolute atomic E-state index is 11.5. The molecule has 0 aliphatic heterocycles. The minimum atomic E-state index is -0.635. The second-order valence-corrected chi connectivity index (χ2v) is 3.95. The molecule has 0 spiro atoms. The van der Waals surface area contributed by atoms with Crippen molar-refractivity contribution in [3.05, 3.63) is 21.9 Å². The third kappa shape index (κ3) is 2.32. The van der Waals surface area contributed by atoms with Crippen LogP contribution >= 0.6 is 11.3 Å². The average Bonchev–Trinajstić information content (AvgIpc) is 2.51. The van der Waals surface area contributed by atoms with Crippen LogP contribution in [-0.2, 0) is 4.79 Å². The first-order chi connectivity index (χ1) is 6.52. The number of nitrogens with one attached hydrogen (secondary N) is 1. The highest BCUT2D eigenvalue weighted by atomic mass is 32.1. The van der Waals surface area contributed by atoms with Crippen LogP contribution in [0.5, 0.6) is 0 Å². The molecule has 76 valence electrons. The Morgan fingerprint density at radius 1 is 1.57 bits per heavy atom. The maximum atomic E-state index is 11.5. The number of carbonyl (C=O) groups is 2. The number of amides is 2. The minimum absolute atomic E-state index is 0.246. The molecule has 3 N–H and O–H groups in total. The fourth-order valence-electron chi connectivity index (χ4n) is 0.939. The monoisotopic (exact) mass is 212 g/mol. The van der Waals surface area contributed by atoms with Crippen LogP contribution < -0.4 is 11.1 Å². The van der Waals surface area contributed by atoms with Gasteiger partial charge < -0.3 is 11.1 Å². The van der Waals surface area contributed by atoms with E-state index in [9.17, 15) is 9.59 Å². The zero-order chi connectivity index (χ0) is 10.7. The molecule has 0 saturated heterocycles. The van der Waals surface area contributed by atoms with Crippen molar-refractivity contribution in [3.8, 4) is 0 Å². The van der Waals surface area contributed by atoms with E-state index in [4.69, 9.17) is 5.73 Å². The molecule has 1 aromatic rings. The summed E-state index contributed by atoms with van der Waals surface area (Å²) >= 11 is 1.35. The van der Waals surface area contributed by atoms with Crippen molar-refractivity contribution < 1.29 is 9.59 Å². The van der Waals surface area contributed by atoms with Crippen molar-refractivity contribution in [1.29, 1.82) is 0 Å². The van der Waals surface area contributed by atoms with E-state index in [1.807, 2.05) is 18.4 Å². The first kappa shape index (κ1) is 10.7. The molecular formula is C9H12N2O2S. The van der Waals surface area contributed by atoms with Gasteiger partial charge in [0.1, 0.15) is 6.04 Å². The summed E-state index contributed by atoms with van der Waals surface area (Å²) in [5.41, 5.74) is 5.93. The SMILES string of the molecule is Cc1ccsc1C(=O)N[C@@H](C)C(N)=O. The highest BCUT2D eigenvalue weighted by Crippen LogP contribution is 2.15. The number of rotatable bonds is 3. The third-order valence-corrected chi connectivity index (χ3v) is 2.86. The van der Waals surface area contributed by atoms with Gasteiger partial charge in [-0.3, -0.25) is 9.59 Å². The predicted molar refractivity (Wildman–Crippen MR) is 55.2 cm³/mol. The highest BCUT2D eigenvalue weighted by molar-refractivity contribution is 7.12. The maximum Gasteiger partial charge on any atom is 0.262 e. The summed E-state index contributed by atoms with van der Waals surface area (Å²) < 4.78 is 0. The van der Waals surface area contributed by atoms with Crippen LogP contribution in [-0.4, -0.2) is 17.9 Å². The summed E-state index contributed by atoms with van der Waals surface area (Å²) in [6.45, 7) is 3.41. The molecule has 0 saturated carbocycles. The molecule has 0 bridgehead atoms. The van der Waals surface area contributed by atoms with Gasteiger partial charge in [0.15, 0.2) is 0 Å². The first-order valence-corrected chi connectivity index (χ1v) is 5.04. The van der Waals surface area contributed by atoms with E-state index < -0.39 is 11.9 Å². The Morgan fingerprint density at radius 2 is 2.21 bits per heavy atom. The van der Waals surface area contributed by atoms with Crippen LogP contribution in [0.4, 0.5) is 0 Å². The van der Waals surface area contributed by atoms with Gasteiger partial charge in [-0.25, -0.2) is 0 Å². The molecule has 1 rings (SSSR count). The molecule has 1 heterocycles. The second-order valence-electron chi connectivity index (χ2n) is 3.03. The fraction of sp³-hybridized carbons (Fsp3) is 0.333. The van der Waals surface area contributed by atoms with Gasteiger partial charge in [-0.05, 0) is 30.9 Å². The van der Waals surface area contributed by atoms with E-state index in [1.54, 1.807) is 6.92 Å². The summed E-state index contributed by atoms with van der Waals surface area (Å²) in [6, 6.07) is 1.22. The van der Waals surface area contributed by atoms with Gasteiger partial charge in [-0.1, -0.05) is 0 Å². The third-order valence-electron chi connectivity index (χ3n) is 1.84. The van der Waals surface area contributed by atoms with E-state index in [0.717, 1.165) is 5.56 Å². The quantitative estimate of drug-likeness (QED) is 0.772. The number of carbonyl (C=O) groups excluding carboxylic acids is 2. The molecule has 0 aliphatic carbocycles. The molecule has 5 heteroatoms. The zero-order valence-corrected chi connectivity index (χ0v) is 8.85.